The second-order valence-electron chi connectivity index (χ2n) is 7.61. The Balaban J connectivity index is 1.48. The number of ether oxygens (including phenoxy) is 1. The molecule has 32 heavy (non-hydrogen) atoms. The fourth-order valence-corrected chi connectivity index (χ4v) is 5.57. The van der Waals surface area contributed by atoms with Crippen LogP contribution in [0.5, 0.6) is 0 Å². The van der Waals surface area contributed by atoms with E-state index in [4.69, 9.17) is 4.74 Å². The van der Waals surface area contributed by atoms with E-state index in [-0.39, 0.29) is 48.8 Å². The minimum atomic E-state index is -3.83. The van der Waals surface area contributed by atoms with E-state index in [2.05, 4.69) is 20.5 Å². The highest BCUT2D eigenvalue weighted by Crippen LogP contribution is 2.32. The number of nitrogens with one attached hydrogen (secondary N) is 1. The molecule has 0 aliphatic carbocycles. The van der Waals surface area contributed by atoms with Crippen molar-refractivity contribution in [2.24, 2.45) is 7.05 Å². The maximum atomic E-state index is 14.6. The molecule has 3 aromatic rings. The van der Waals surface area contributed by atoms with E-state index in [1.54, 1.807) is 13.2 Å². The zero-order valence-electron chi connectivity index (χ0n) is 17.7. The van der Waals surface area contributed by atoms with E-state index in [1.165, 1.54) is 39.2 Å². The van der Waals surface area contributed by atoms with Crippen molar-refractivity contribution >= 4 is 21.6 Å². The summed E-state index contributed by atoms with van der Waals surface area (Å²) in [4.78, 5) is 15.7. The van der Waals surface area contributed by atoms with Crippen LogP contribution in [0.3, 0.4) is 0 Å². The average molecular weight is 466 g/mol. The topological polar surface area (TPSA) is 124 Å². The van der Waals surface area contributed by atoms with Crippen molar-refractivity contribution in [3.05, 3.63) is 41.9 Å². The maximum Gasteiger partial charge on any atom is 0.246 e. The Morgan fingerprint density at radius 1 is 1.31 bits per heavy atom. The summed E-state index contributed by atoms with van der Waals surface area (Å²) >= 11 is 0. The van der Waals surface area contributed by atoms with Crippen molar-refractivity contribution in [2.45, 2.75) is 30.2 Å². The summed E-state index contributed by atoms with van der Waals surface area (Å²) in [7, 11) is -0.808. The zero-order valence-corrected chi connectivity index (χ0v) is 18.5. The first-order valence-corrected chi connectivity index (χ1v) is 11.5. The van der Waals surface area contributed by atoms with Crippen LogP contribution < -0.4 is 5.32 Å². The number of halogens is 1. The summed E-state index contributed by atoms with van der Waals surface area (Å²) in [6.45, 7) is 0.371. The number of sulfonamides is 1. The molecule has 0 radical (unpaired) electrons. The van der Waals surface area contributed by atoms with Gasteiger partial charge in [0.2, 0.25) is 15.9 Å². The third-order valence-corrected chi connectivity index (χ3v) is 7.60. The lowest BCUT2D eigenvalue weighted by Crippen LogP contribution is -2.38. The molecule has 3 aromatic heterocycles. The van der Waals surface area contributed by atoms with Gasteiger partial charge in [-0.2, -0.15) is 14.5 Å². The second-order valence-corrected chi connectivity index (χ2v) is 9.51. The van der Waals surface area contributed by atoms with Crippen LogP contribution in [0.2, 0.25) is 0 Å². The third-order valence-electron chi connectivity index (χ3n) is 5.66. The highest BCUT2D eigenvalue weighted by Gasteiger charge is 2.34. The summed E-state index contributed by atoms with van der Waals surface area (Å²) < 4.78 is 50.2. The molecule has 1 saturated heterocycles. The van der Waals surface area contributed by atoms with Crippen LogP contribution in [0, 0.1) is 5.82 Å². The fourth-order valence-electron chi connectivity index (χ4n) is 3.92. The van der Waals surface area contributed by atoms with Gasteiger partial charge < -0.3 is 10.1 Å². The van der Waals surface area contributed by atoms with Gasteiger partial charge in [-0.3, -0.25) is 9.48 Å². The number of aryl methyl sites for hydroxylation is 1. The largest absolute Gasteiger partial charge is 0.375 e. The van der Waals surface area contributed by atoms with Gasteiger partial charge in [0.25, 0.3) is 0 Å². The van der Waals surface area contributed by atoms with E-state index in [1.807, 2.05) is 0 Å². The Kier molecular flexibility index (Phi) is 6.22. The van der Waals surface area contributed by atoms with Gasteiger partial charge in [-0.15, -0.1) is 0 Å². The van der Waals surface area contributed by atoms with Crippen LogP contribution in [0.4, 0.5) is 4.39 Å². The van der Waals surface area contributed by atoms with Crippen molar-refractivity contribution in [2.75, 3.05) is 26.8 Å². The first kappa shape index (κ1) is 22.3. The molecule has 0 aromatic carbocycles. The molecule has 0 atom stereocenters. The van der Waals surface area contributed by atoms with E-state index in [0.717, 1.165) is 0 Å². The Labute approximate surface area is 184 Å². The lowest BCUT2D eigenvalue weighted by atomic mass is 9.91. The first-order chi connectivity index (χ1) is 15.3. The molecule has 1 amide bonds. The lowest BCUT2D eigenvalue weighted by Gasteiger charge is -2.31. The van der Waals surface area contributed by atoms with Gasteiger partial charge >= 0.3 is 0 Å². The molecule has 0 saturated carbocycles. The SMILES string of the molecule is COCC(=O)NCc1c(S(=O)(=O)N2CCC(c3cn4ncnc4cc3F)CC2)cnn1C. The van der Waals surface area contributed by atoms with Gasteiger partial charge in [-0.05, 0) is 18.8 Å². The Morgan fingerprint density at radius 2 is 2.06 bits per heavy atom. The minimum absolute atomic E-state index is 0.00680. The van der Waals surface area contributed by atoms with Gasteiger partial charge in [0.15, 0.2) is 5.65 Å². The summed E-state index contributed by atoms with van der Waals surface area (Å²) in [6.07, 6.45) is 5.20. The number of pyridine rings is 1. The highest BCUT2D eigenvalue weighted by atomic mass is 32.2. The van der Waals surface area contributed by atoms with Crippen LogP contribution in [0.25, 0.3) is 5.65 Å². The molecule has 0 spiro atoms. The molecule has 1 aliphatic heterocycles. The predicted octanol–water partition coefficient (Wildman–Crippen LogP) is 0.433. The number of methoxy groups -OCH3 is 1. The molecular weight excluding hydrogens is 441 g/mol. The summed E-state index contributed by atoms with van der Waals surface area (Å²) in [5.41, 5.74) is 1.30. The van der Waals surface area contributed by atoms with E-state index in [0.29, 0.717) is 29.7 Å². The second kappa shape index (κ2) is 8.92. The number of aromatic nitrogens is 5. The molecule has 1 aliphatic rings. The van der Waals surface area contributed by atoms with E-state index in [9.17, 15) is 17.6 Å². The molecule has 4 rings (SSSR count). The summed E-state index contributed by atoms with van der Waals surface area (Å²) in [5, 5.41) is 10.7. The van der Waals surface area contributed by atoms with Crippen molar-refractivity contribution in [1.82, 2.24) is 34.0 Å². The lowest BCUT2D eigenvalue weighted by molar-refractivity contribution is -0.124. The number of carbonyl (C=O) groups is 1. The van der Waals surface area contributed by atoms with Crippen molar-refractivity contribution in [1.29, 1.82) is 0 Å². The van der Waals surface area contributed by atoms with Gasteiger partial charge in [0.1, 0.15) is 23.6 Å². The maximum absolute atomic E-state index is 14.6. The number of carbonyl (C=O) groups excluding carboxylic acids is 1. The normalized spacial score (nSPS) is 16.0. The molecule has 13 heteroatoms. The summed E-state index contributed by atoms with van der Waals surface area (Å²) in [6, 6.07) is 1.34. The Morgan fingerprint density at radius 3 is 2.78 bits per heavy atom. The van der Waals surface area contributed by atoms with Crippen molar-refractivity contribution < 1.29 is 22.3 Å². The monoisotopic (exact) mass is 465 g/mol. The van der Waals surface area contributed by atoms with Crippen LogP contribution in [0.1, 0.15) is 30.0 Å². The van der Waals surface area contributed by atoms with E-state index < -0.39 is 10.0 Å². The average Bonchev–Trinajstić information content (AvgIpc) is 3.38. The zero-order chi connectivity index (χ0) is 22.9. The van der Waals surface area contributed by atoms with Gasteiger partial charge in [0, 0.05) is 45.1 Å². The third kappa shape index (κ3) is 4.23. The number of piperidine rings is 1. The van der Waals surface area contributed by atoms with E-state index >= 15 is 0 Å². The molecule has 1 N–H and O–H groups in total. The standard InChI is InChI=1S/C19H24FN7O4S/c1-25-16(8-21-19(28)11-31-2)17(9-23-25)32(29,30)26-5-3-13(4-6-26)14-10-27-18(7-15(14)20)22-12-24-27/h7,9-10,12-13H,3-6,8,11H2,1-2H3,(H,21,28). The van der Waals surface area contributed by atoms with Gasteiger partial charge in [-0.1, -0.05) is 0 Å². The summed E-state index contributed by atoms with van der Waals surface area (Å²) in [5.74, 6) is -0.853. The van der Waals surface area contributed by atoms with Crippen molar-refractivity contribution in [3.8, 4) is 0 Å². The predicted molar refractivity (Wildman–Crippen MR) is 111 cm³/mol. The highest BCUT2D eigenvalue weighted by molar-refractivity contribution is 7.89. The van der Waals surface area contributed by atoms with Crippen LogP contribution in [-0.4, -0.2) is 69.8 Å². The molecule has 172 valence electrons. The Hall–Kier alpha value is -2.90. The number of nitrogens with zero attached hydrogens (tertiary/aromatic N) is 6. The number of rotatable bonds is 7. The minimum Gasteiger partial charge on any atom is -0.375 e. The molecule has 11 nitrogen and oxygen atoms in total. The molecule has 0 bridgehead atoms. The van der Waals surface area contributed by atoms with Gasteiger partial charge in [-0.25, -0.2) is 22.3 Å². The fraction of sp³-hybridized carbons (Fsp3) is 0.474. The van der Waals surface area contributed by atoms with Crippen LogP contribution in [0.15, 0.2) is 29.7 Å². The number of hydrogen-bond acceptors (Lipinski definition) is 7. The quantitative estimate of drug-likeness (QED) is 0.537. The molecule has 4 heterocycles. The van der Waals surface area contributed by atoms with Crippen LogP contribution >= 0.6 is 0 Å². The van der Waals surface area contributed by atoms with Crippen molar-refractivity contribution in [3.63, 3.8) is 0 Å². The molecular formula is C19H24FN7O4S. The number of amides is 1. The van der Waals surface area contributed by atoms with Crippen LogP contribution in [-0.2, 0) is 33.1 Å². The molecule has 0 unspecified atom stereocenters. The number of fused-ring (bicyclic) bond motifs is 1. The smallest absolute Gasteiger partial charge is 0.246 e. The first-order valence-electron chi connectivity index (χ1n) is 10.1. The molecule has 1 fully saturated rings. The van der Waals surface area contributed by atoms with Gasteiger partial charge in [0.05, 0.1) is 18.4 Å². The Bertz CT molecular complexity index is 1230. The number of hydrogen-bond donors (Lipinski definition) is 1.